The zero-order valence-electron chi connectivity index (χ0n) is 10.5. The normalized spacial score (nSPS) is 10.6. The standard InChI is InChI=1S/C16H13NOS/c1-17-14(12-8-4-2-5-9-12)16(18)19-15(17)13-10-6-3-7-11-13/h2-11H,1H3. The molecule has 0 fully saturated rings. The van der Waals surface area contributed by atoms with E-state index < -0.39 is 0 Å². The van der Waals surface area contributed by atoms with Crippen molar-refractivity contribution in [3.63, 3.8) is 0 Å². The molecular weight excluding hydrogens is 254 g/mol. The molecule has 94 valence electrons. The molecule has 1 aromatic heterocycles. The Kier molecular flexibility index (Phi) is 3.05. The van der Waals surface area contributed by atoms with Gasteiger partial charge in [-0.3, -0.25) is 0 Å². The molecule has 0 N–H and O–H groups in total. The van der Waals surface area contributed by atoms with Gasteiger partial charge in [0.2, 0.25) is 5.69 Å². The lowest BCUT2D eigenvalue weighted by atomic mass is 10.1. The second-order valence-corrected chi connectivity index (χ2v) is 5.30. The summed E-state index contributed by atoms with van der Waals surface area (Å²) in [5.74, 6) is 0. The van der Waals surface area contributed by atoms with Crippen molar-refractivity contribution in [1.29, 1.82) is 0 Å². The molecular formula is C16H13NOS. The van der Waals surface area contributed by atoms with E-state index in [9.17, 15) is 5.11 Å². The van der Waals surface area contributed by atoms with Crippen LogP contribution >= 0.6 is 11.3 Å². The number of hydrogen-bond donors (Lipinski definition) is 0. The summed E-state index contributed by atoms with van der Waals surface area (Å²) in [5.41, 5.74) is 2.80. The number of rotatable bonds is 2. The van der Waals surface area contributed by atoms with E-state index in [-0.39, 0.29) is 5.06 Å². The van der Waals surface area contributed by atoms with Crippen molar-refractivity contribution < 1.29 is 9.67 Å². The van der Waals surface area contributed by atoms with Gasteiger partial charge in [-0.15, -0.1) is 0 Å². The Labute approximate surface area is 116 Å². The van der Waals surface area contributed by atoms with Crippen molar-refractivity contribution in [2.75, 3.05) is 0 Å². The summed E-state index contributed by atoms with van der Waals surface area (Å²) >= 11 is 1.30. The lowest BCUT2D eigenvalue weighted by Crippen LogP contribution is -2.30. The highest BCUT2D eigenvalue weighted by Gasteiger charge is 2.20. The molecule has 0 saturated heterocycles. The van der Waals surface area contributed by atoms with Gasteiger partial charge in [0.05, 0.1) is 5.56 Å². The summed E-state index contributed by atoms with van der Waals surface area (Å²) in [6.45, 7) is 0. The van der Waals surface area contributed by atoms with Crippen molar-refractivity contribution in [2.24, 2.45) is 7.05 Å². The third-order valence-electron chi connectivity index (χ3n) is 3.09. The number of nitrogens with zero attached hydrogens (tertiary/aromatic N) is 1. The highest BCUT2D eigenvalue weighted by Crippen LogP contribution is 2.34. The molecule has 3 aromatic rings. The fourth-order valence-electron chi connectivity index (χ4n) is 2.18. The molecule has 0 bridgehead atoms. The van der Waals surface area contributed by atoms with E-state index in [0.29, 0.717) is 0 Å². The van der Waals surface area contributed by atoms with Gasteiger partial charge >= 0.3 is 0 Å². The van der Waals surface area contributed by atoms with E-state index in [1.54, 1.807) is 0 Å². The zero-order chi connectivity index (χ0) is 13.2. The smallest absolute Gasteiger partial charge is 0.268 e. The van der Waals surface area contributed by atoms with E-state index in [4.69, 9.17) is 0 Å². The van der Waals surface area contributed by atoms with Gasteiger partial charge < -0.3 is 5.11 Å². The molecule has 2 nitrogen and oxygen atoms in total. The SMILES string of the molecule is C[n+]1c(-c2ccccc2)sc([O-])c1-c1ccccc1. The van der Waals surface area contributed by atoms with E-state index in [1.165, 1.54) is 11.3 Å². The van der Waals surface area contributed by atoms with Gasteiger partial charge in [0, 0.05) is 10.6 Å². The number of thiazole rings is 1. The zero-order valence-corrected chi connectivity index (χ0v) is 11.4. The van der Waals surface area contributed by atoms with Crippen LogP contribution in [0.1, 0.15) is 0 Å². The predicted molar refractivity (Wildman–Crippen MR) is 75.8 cm³/mol. The first-order chi connectivity index (χ1) is 9.27. The van der Waals surface area contributed by atoms with Crippen LogP contribution in [0.3, 0.4) is 0 Å². The predicted octanol–water partition coefficient (Wildman–Crippen LogP) is 2.98. The average molecular weight is 267 g/mol. The van der Waals surface area contributed by atoms with Crippen molar-refractivity contribution in [1.82, 2.24) is 0 Å². The Morgan fingerprint density at radius 3 is 1.95 bits per heavy atom. The van der Waals surface area contributed by atoms with Crippen molar-refractivity contribution >= 4 is 11.3 Å². The summed E-state index contributed by atoms with van der Waals surface area (Å²) in [6, 6.07) is 19.8. The quantitative estimate of drug-likeness (QED) is 0.656. The third-order valence-corrected chi connectivity index (χ3v) is 4.17. The fraction of sp³-hybridized carbons (Fsp3) is 0.0625. The van der Waals surface area contributed by atoms with Crippen LogP contribution < -0.4 is 9.67 Å². The molecule has 19 heavy (non-hydrogen) atoms. The number of hydrogen-bond acceptors (Lipinski definition) is 2. The summed E-state index contributed by atoms with van der Waals surface area (Å²) in [4.78, 5) is 0. The topological polar surface area (TPSA) is 26.9 Å². The first-order valence-corrected chi connectivity index (χ1v) is 6.89. The van der Waals surface area contributed by atoms with Crippen LogP contribution in [0.2, 0.25) is 0 Å². The molecule has 0 radical (unpaired) electrons. The molecule has 0 spiro atoms. The average Bonchev–Trinajstić information content (AvgIpc) is 2.76. The van der Waals surface area contributed by atoms with Gasteiger partial charge in [-0.2, -0.15) is 4.57 Å². The molecule has 2 aromatic carbocycles. The molecule has 3 rings (SSSR count). The molecule has 0 saturated carbocycles. The minimum atomic E-state index is 0.104. The fourth-order valence-corrected chi connectivity index (χ4v) is 3.19. The van der Waals surface area contributed by atoms with Crippen molar-refractivity contribution in [3.05, 3.63) is 60.7 Å². The highest BCUT2D eigenvalue weighted by atomic mass is 32.1. The maximum Gasteiger partial charge on any atom is 0.268 e. The van der Waals surface area contributed by atoms with Crippen molar-refractivity contribution in [3.8, 4) is 26.9 Å². The molecule has 0 amide bonds. The van der Waals surface area contributed by atoms with Gasteiger partial charge in [-0.1, -0.05) is 47.7 Å². The minimum Gasteiger partial charge on any atom is -0.860 e. The van der Waals surface area contributed by atoms with Crippen LogP contribution in [0.4, 0.5) is 0 Å². The van der Waals surface area contributed by atoms with E-state index in [2.05, 4.69) is 0 Å². The lowest BCUT2D eigenvalue weighted by Gasteiger charge is -2.01. The second-order valence-electron chi connectivity index (χ2n) is 4.33. The lowest BCUT2D eigenvalue weighted by molar-refractivity contribution is -0.646. The molecule has 0 aliphatic rings. The summed E-state index contributed by atoms with van der Waals surface area (Å²) in [5, 5.41) is 13.3. The maximum atomic E-state index is 12.2. The van der Waals surface area contributed by atoms with Crippen molar-refractivity contribution in [2.45, 2.75) is 0 Å². The maximum absolute atomic E-state index is 12.2. The minimum absolute atomic E-state index is 0.104. The Hall–Kier alpha value is -2.13. The summed E-state index contributed by atoms with van der Waals surface area (Å²) in [6.07, 6.45) is 0. The number of aromatic nitrogens is 1. The largest absolute Gasteiger partial charge is 0.860 e. The van der Waals surface area contributed by atoms with Crippen LogP contribution in [-0.2, 0) is 7.05 Å². The molecule has 0 unspecified atom stereocenters. The van der Waals surface area contributed by atoms with Gasteiger partial charge in [0.25, 0.3) is 5.01 Å². The van der Waals surface area contributed by atoms with E-state index >= 15 is 0 Å². The third kappa shape index (κ3) is 2.13. The Morgan fingerprint density at radius 2 is 1.37 bits per heavy atom. The molecule has 3 heteroatoms. The van der Waals surface area contributed by atoms with E-state index in [1.807, 2.05) is 72.3 Å². The van der Waals surface area contributed by atoms with Gasteiger partial charge in [-0.25, -0.2) is 0 Å². The monoisotopic (exact) mass is 267 g/mol. The van der Waals surface area contributed by atoms with Crippen LogP contribution in [0, 0.1) is 0 Å². The molecule has 1 heterocycles. The second kappa shape index (κ2) is 4.86. The van der Waals surface area contributed by atoms with Gasteiger partial charge in [0.1, 0.15) is 7.05 Å². The highest BCUT2D eigenvalue weighted by molar-refractivity contribution is 7.16. The molecule has 0 aliphatic heterocycles. The summed E-state index contributed by atoms with van der Waals surface area (Å²) in [7, 11) is 1.95. The Balaban J connectivity index is 2.17. The van der Waals surface area contributed by atoms with Crippen LogP contribution in [0.25, 0.3) is 21.8 Å². The first kappa shape index (κ1) is 11.9. The first-order valence-electron chi connectivity index (χ1n) is 6.08. The number of benzene rings is 2. The summed E-state index contributed by atoms with van der Waals surface area (Å²) < 4.78 is 1.98. The molecule has 0 aliphatic carbocycles. The Bertz CT molecular complexity index is 690. The van der Waals surface area contributed by atoms with Crippen LogP contribution in [0.15, 0.2) is 60.7 Å². The van der Waals surface area contributed by atoms with E-state index in [0.717, 1.165) is 21.8 Å². The Morgan fingerprint density at radius 1 is 0.842 bits per heavy atom. The van der Waals surface area contributed by atoms with Crippen LogP contribution in [-0.4, -0.2) is 0 Å². The molecule has 0 atom stereocenters. The van der Waals surface area contributed by atoms with Crippen LogP contribution in [0.5, 0.6) is 5.06 Å². The van der Waals surface area contributed by atoms with Gasteiger partial charge in [-0.05, 0) is 24.3 Å². The van der Waals surface area contributed by atoms with Gasteiger partial charge in [0.15, 0.2) is 0 Å².